The van der Waals surface area contributed by atoms with Gasteiger partial charge < -0.3 is 5.32 Å². The molecule has 0 saturated heterocycles. The molecule has 0 spiro atoms. The van der Waals surface area contributed by atoms with Gasteiger partial charge in [0.2, 0.25) is 0 Å². The Morgan fingerprint density at radius 2 is 1.33 bits per heavy atom. The molecule has 1 aromatic heterocycles. The summed E-state index contributed by atoms with van der Waals surface area (Å²) in [6.07, 6.45) is 0. The maximum Gasteiger partial charge on any atom is 0.161 e. The fourth-order valence-corrected chi connectivity index (χ4v) is 2.68. The smallest absolute Gasteiger partial charge is 0.161 e. The zero-order valence-corrected chi connectivity index (χ0v) is 12.8. The van der Waals surface area contributed by atoms with Crippen LogP contribution in [0, 0.1) is 5.82 Å². The number of fused-ring (bicyclic) bond motifs is 1. The fraction of sp³-hybridized carbons (Fsp3) is 0. The predicted molar refractivity (Wildman–Crippen MR) is 94.7 cm³/mol. The summed E-state index contributed by atoms with van der Waals surface area (Å²) in [5.74, 6) is 0.382. The highest BCUT2D eigenvalue weighted by Crippen LogP contribution is 2.30. The molecule has 0 bridgehead atoms. The van der Waals surface area contributed by atoms with Gasteiger partial charge in [-0.05, 0) is 24.3 Å². The molecule has 3 nitrogen and oxygen atoms in total. The third kappa shape index (κ3) is 2.70. The Hall–Kier alpha value is -3.27. The average Bonchev–Trinajstić information content (AvgIpc) is 2.64. The lowest BCUT2D eigenvalue weighted by Gasteiger charge is -2.11. The molecule has 0 unspecified atom stereocenters. The molecule has 3 aromatic carbocycles. The first-order chi connectivity index (χ1) is 11.8. The second kappa shape index (κ2) is 6.08. The summed E-state index contributed by atoms with van der Waals surface area (Å²) in [5.41, 5.74) is 2.63. The molecule has 4 aromatic rings. The van der Waals surface area contributed by atoms with E-state index >= 15 is 0 Å². The number of hydrogen-bond acceptors (Lipinski definition) is 3. The molecule has 4 rings (SSSR count). The first-order valence-corrected chi connectivity index (χ1v) is 7.65. The Kier molecular flexibility index (Phi) is 3.63. The van der Waals surface area contributed by atoms with Crippen LogP contribution in [0.25, 0.3) is 22.0 Å². The molecular weight excluding hydrogens is 301 g/mol. The van der Waals surface area contributed by atoms with E-state index < -0.39 is 0 Å². The third-order valence-electron chi connectivity index (χ3n) is 3.84. The molecule has 4 heteroatoms. The number of nitrogens with zero attached hydrogens (tertiary/aromatic N) is 2. The van der Waals surface area contributed by atoms with Crippen molar-refractivity contribution in [1.29, 1.82) is 0 Å². The van der Waals surface area contributed by atoms with Crippen LogP contribution in [0.1, 0.15) is 0 Å². The average molecular weight is 315 g/mol. The number of rotatable bonds is 3. The van der Waals surface area contributed by atoms with Crippen LogP contribution in [0.3, 0.4) is 0 Å². The Bertz CT molecular complexity index is 983. The molecule has 24 heavy (non-hydrogen) atoms. The van der Waals surface area contributed by atoms with Crippen molar-refractivity contribution in [3.63, 3.8) is 0 Å². The number of hydrogen-bond donors (Lipinski definition) is 1. The maximum atomic E-state index is 13.1. The molecule has 1 N–H and O–H groups in total. The summed E-state index contributed by atoms with van der Waals surface area (Å²) in [4.78, 5) is 0. The third-order valence-corrected chi connectivity index (χ3v) is 3.84. The van der Waals surface area contributed by atoms with Gasteiger partial charge >= 0.3 is 0 Å². The highest BCUT2D eigenvalue weighted by atomic mass is 19.1. The summed E-state index contributed by atoms with van der Waals surface area (Å²) < 4.78 is 13.1. The van der Waals surface area contributed by atoms with Crippen molar-refractivity contribution in [2.45, 2.75) is 0 Å². The van der Waals surface area contributed by atoms with E-state index in [1.807, 2.05) is 54.6 Å². The summed E-state index contributed by atoms with van der Waals surface area (Å²) in [7, 11) is 0. The van der Waals surface area contributed by atoms with Crippen LogP contribution in [0.5, 0.6) is 0 Å². The molecular formula is C20H14FN3. The molecule has 0 amide bonds. The van der Waals surface area contributed by atoms with Crippen molar-refractivity contribution in [3.05, 3.63) is 84.7 Å². The topological polar surface area (TPSA) is 37.8 Å². The quantitative estimate of drug-likeness (QED) is 0.566. The van der Waals surface area contributed by atoms with Crippen LogP contribution < -0.4 is 5.32 Å². The largest absolute Gasteiger partial charge is 0.338 e. The van der Waals surface area contributed by atoms with Gasteiger partial charge in [0.1, 0.15) is 11.5 Å². The Balaban J connectivity index is 1.82. The van der Waals surface area contributed by atoms with Crippen LogP contribution in [0.4, 0.5) is 15.9 Å². The second-order valence-corrected chi connectivity index (χ2v) is 5.44. The summed E-state index contributed by atoms with van der Waals surface area (Å²) in [6, 6.07) is 24.1. The zero-order chi connectivity index (χ0) is 16.4. The molecule has 0 aliphatic heterocycles. The fourth-order valence-electron chi connectivity index (χ4n) is 2.68. The summed E-state index contributed by atoms with van der Waals surface area (Å²) in [6.45, 7) is 0. The lowest BCUT2D eigenvalue weighted by atomic mass is 10.0. The molecule has 0 aliphatic rings. The van der Waals surface area contributed by atoms with Crippen LogP contribution in [0.15, 0.2) is 78.9 Å². The number of halogens is 1. The van der Waals surface area contributed by atoms with E-state index in [-0.39, 0.29) is 5.82 Å². The van der Waals surface area contributed by atoms with Crippen LogP contribution in [0.2, 0.25) is 0 Å². The van der Waals surface area contributed by atoms with Gasteiger partial charge in [0.15, 0.2) is 5.82 Å². The minimum Gasteiger partial charge on any atom is -0.338 e. The molecule has 0 aliphatic carbocycles. The van der Waals surface area contributed by atoms with Gasteiger partial charge in [0.25, 0.3) is 0 Å². The van der Waals surface area contributed by atoms with E-state index in [9.17, 15) is 4.39 Å². The van der Waals surface area contributed by atoms with Crippen LogP contribution in [-0.2, 0) is 0 Å². The first-order valence-electron chi connectivity index (χ1n) is 7.65. The van der Waals surface area contributed by atoms with Crippen molar-refractivity contribution < 1.29 is 4.39 Å². The minimum atomic E-state index is -0.268. The van der Waals surface area contributed by atoms with Gasteiger partial charge in [-0.25, -0.2) is 4.39 Å². The van der Waals surface area contributed by atoms with Crippen LogP contribution in [-0.4, -0.2) is 10.2 Å². The van der Waals surface area contributed by atoms with Gasteiger partial charge in [-0.15, -0.1) is 10.2 Å². The van der Waals surface area contributed by atoms with Crippen molar-refractivity contribution >= 4 is 22.3 Å². The number of nitrogens with one attached hydrogen (secondary N) is 1. The number of benzene rings is 3. The Labute approximate surface area is 138 Å². The van der Waals surface area contributed by atoms with Gasteiger partial charge in [0, 0.05) is 22.0 Å². The van der Waals surface area contributed by atoms with Gasteiger partial charge in [-0.3, -0.25) is 0 Å². The molecule has 116 valence electrons. The standard InChI is InChI=1S/C20H14FN3/c21-15-10-12-16(13-11-15)22-20-18-9-5-4-8-17(18)19(23-24-20)14-6-2-1-3-7-14/h1-13H,(H,22,24). The van der Waals surface area contributed by atoms with Crippen molar-refractivity contribution in [2.75, 3.05) is 5.32 Å². The van der Waals surface area contributed by atoms with Crippen molar-refractivity contribution in [1.82, 2.24) is 10.2 Å². The molecule has 0 fully saturated rings. The number of anilines is 2. The van der Waals surface area contributed by atoms with E-state index in [2.05, 4.69) is 15.5 Å². The highest BCUT2D eigenvalue weighted by Gasteiger charge is 2.10. The van der Waals surface area contributed by atoms with Crippen molar-refractivity contribution in [2.24, 2.45) is 0 Å². The van der Waals surface area contributed by atoms with E-state index in [0.29, 0.717) is 5.82 Å². The van der Waals surface area contributed by atoms with E-state index in [1.54, 1.807) is 12.1 Å². The van der Waals surface area contributed by atoms with E-state index in [1.165, 1.54) is 12.1 Å². The molecule has 0 radical (unpaired) electrons. The molecule has 0 atom stereocenters. The SMILES string of the molecule is Fc1ccc(Nc2nnc(-c3ccccc3)c3ccccc23)cc1. The Morgan fingerprint density at radius 1 is 0.667 bits per heavy atom. The summed E-state index contributed by atoms with van der Waals surface area (Å²) in [5, 5.41) is 13.9. The van der Waals surface area contributed by atoms with Gasteiger partial charge in [-0.2, -0.15) is 0 Å². The van der Waals surface area contributed by atoms with Gasteiger partial charge in [0.05, 0.1) is 0 Å². The van der Waals surface area contributed by atoms with Crippen molar-refractivity contribution in [3.8, 4) is 11.3 Å². The normalized spacial score (nSPS) is 10.7. The summed E-state index contributed by atoms with van der Waals surface area (Å²) >= 11 is 0. The second-order valence-electron chi connectivity index (χ2n) is 5.44. The lowest BCUT2D eigenvalue weighted by molar-refractivity contribution is 0.628. The van der Waals surface area contributed by atoms with Crippen LogP contribution >= 0.6 is 0 Å². The van der Waals surface area contributed by atoms with E-state index in [4.69, 9.17) is 0 Å². The monoisotopic (exact) mass is 315 g/mol. The predicted octanol–water partition coefficient (Wildman–Crippen LogP) is 5.18. The minimum absolute atomic E-state index is 0.268. The van der Waals surface area contributed by atoms with Gasteiger partial charge in [-0.1, -0.05) is 54.6 Å². The molecule has 0 saturated carbocycles. The lowest BCUT2D eigenvalue weighted by Crippen LogP contribution is -1.99. The van der Waals surface area contributed by atoms with E-state index in [0.717, 1.165) is 27.7 Å². The zero-order valence-electron chi connectivity index (χ0n) is 12.8. The first kappa shape index (κ1) is 14.3. The number of aromatic nitrogens is 2. The maximum absolute atomic E-state index is 13.1. The highest BCUT2D eigenvalue weighted by molar-refractivity contribution is 6.00. The molecule has 1 heterocycles. The Morgan fingerprint density at radius 3 is 2.08 bits per heavy atom.